The number of aromatic nitrogens is 2. The normalized spacial score (nSPS) is 16.2. The summed E-state index contributed by atoms with van der Waals surface area (Å²) in [5, 5.41) is 14.1. The first kappa shape index (κ1) is 19.8. The van der Waals surface area contributed by atoms with E-state index in [4.69, 9.17) is 31.3 Å². The number of carboxylic acids is 1. The Labute approximate surface area is 183 Å². The number of anilines is 2. The molecule has 0 amide bonds. The summed E-state index contributed by atoms with van der Waals surface area (Å²) < 4.78 is 0. The van der Waals surface area contributed by atoms with E-state index in [0.717, 1.165) is 27.8 Å². The lowest BCUT2D eigenvalue weighted by atomic mass is 9.97. The molecule has 3 aromatic rings. The summed E-state index contributed by atoms with van der Waals surface area (Å²) in [7, 11) is 0. The molecule has 2 aliphatic heterocycles. The number of nitrogens with zero attached hydrogens (tertiary/aromatic N) is 3. The van der Waals surface area contributed by atoms with Crippen LogP contribution in [0.5, 0.6) is 5.75 Å². The molecule has 0 unspecified atom stereocenters. The molecule has 1 fully saturated rings. The molecule has 1 saturated heterocycles. The number of hydrogen-bond donors (Lipinski definition) is 2. The first-order valence-electron chi connectivity index (χ1n) is 10.2. The quantitative estimate of drug-likeness (QED) is 0.574. The second-order valence-corrected chi connectivity index (χ2v) is 8.21. The topological polar surface area (TPSA) is 96.8 Å². The van der Waals surface area contributed by atoms with Crippen LogP contribution in [0.4, 0.5) is 11.8 Å². The number of aliphatic carboxylic acids is 1. The summed E-state index contributed by atoms with van der Waals surface area (Å²) in [5.74, 6) is 0.961. The molecule has 2 aromatic carbocycles. The number of hydrogen-bond acceptors (Lipinski definition) is 7. The Morgan fingerprint density at radius 2 is 2.03 bits per heavy atom. The maximum absolute atomic E-state index is 11.3. The third-order valence-electron chi connectivity index (χ3n) is 5.73. The SMILES string of the molecule is O=C(O)C1CCN(c2nc(NCc3ccc4c(c3)OOC4)c3cc(Cl)ccc3n2)CC1. The highest BCUT2D eigenvalue weighted by atomic mass is 35.5. The van der Waals surface area contributed by atoms with Crippen LogP contribution in [0.15, 0.2) is 36.4 Å². The lowest BCUT2D eigenvalue weighted by Crippen LogP contribution is -2.37. The van der Waals surface area contributed by atoms with Gasteiger partial charge < -0.3 is 20.2 Å². The molecule has 1 aromatic heterocycles. The number of benzene rings is 2. The Bertz CT molecular complexity index is 1150. The van der Waals surface area contributed by atoms with Crippen LogP contribution >= 0.6 is 11.6 Å². The van der Waals surface area contributed by atoms with E-state index in [1.54, 1.807) is 6.07 Å². The van der Waals surface area contributed by atoms with Crippen LogP contribution in [0, 0.1) is 5.92 Å². The first-order valence-corrected chi connectivity index (χ1v) is 10.5. The van der Waals surface area contributed by atoms with E-state index in [1.807, 2.05) is 35.2 Å². The Morgan fingerprint density at radius 3 is 2.84 bits per heavy atom. The minimum Gasteiger partial charge on any atom is -0.481 e. The standard InChI is InChI=1S/C22H21ClN4O4/c23-16-3-4-18-17(10-16)20(24-11-13-1-2-15-12-30-31-19(15)9-13)26-22(25-18)27-7-5-14(6-8-27)21(28)29/h1-4,9-10,14H,5-8,11-12H2,(H,28,29)(H,24,25,26). The summed E-state index contributed by atoms with van der Waals surface area (Å²) in [6.45, 7) is 2.21. The molecular weight excluding hydrogens is 420 g/mol. The monoisotopic (exact) mass is 440 g/mol. The van der Waals surface area contributed by atoms with Crippen molar-refractivity contribution >= 4 is 40.2 Å². The van der Waals surface area contributed by atoms with Crippen molar-refractivity contribution in [2.24, 2.45) is 5.92 Å². The first-order chi connectivity index (χ1) is 15.1. The number of piperidine rings is 1. The summed E-state index contributed by atoms with van der Waals surface area (Å²) >= 11 is 6.23. The van der Waals surface area contributed by atoms with Crippen molar-refractivity contribution in [2.45, 2.75) is 26.0 Å². The van der Waals surface area contributed by atoms with Gasteiger partial charge in [-0.1, -0.05) is 23.7 Å². The van der Waals surface area contributed by atoms with E-state index >= 15 is 0 Å². The molecule has 31 heavy (non-hydrogen) atoms. The Kier molecular flexibility index (Phi) is 5.25. The molecule has 0 aliphatic carbocycles. The summed E-state index contributed by atoms with van der Waals surface area (Å²) in [6.07, 6.45) is 1.16. The van der Waals surface area contributed by atoms with Gasteiger partial charge in [0.05, 0.1) is 11.4 Å². The van der Waals surface area contributed by atoms with Gasteiger partial charge in [0, 0.05) is 35.6 Å². The van der Waals surface area contributed by atoms with E-state index in [2.05, 4.69) is 5.32 Å². The summed E-state index contributed by atoms with van der Waals surface area (Å²) in [5.41, 5.74) is 2.83. The minimum absolute atomic E-state index is 0.306. The van der Waals surface area contributed by atoms with E-state index in [0.29, 0.717) is 55.9 Å². The zero-order valence-corrected chi connectivity index (χ0v) is 17.4. The highest BCUT2D eigenvalue weighted by Gasteiger charge is 2.26. The molecular formula is C22H21ClN4O4. The van der Waals surface area contributed by atoms with Gasteiger partial charge in [-0.3, -0.25) is 4.79 Å². The molecule has 5 rings (SSSR count). The molecule has 2 N–H and O–H groups in total. The van der Waals surface area contributed by atoms with E-state index < -0.39 is 5.97 Å². The molecule has 0 atom stereocenters. The fourth-order valence-corrected chi connectivity index (χ4v) is 4.11. The van der Waals surface area contributed by atoms with E-state index in [1.165, 1.54) is 0 Å². The molecule has 8 nitrogen and oxygen atoms in total. The van der Waals surface area contributed by atoms with Gasteiger partial charge in [0.2, 0.25) is 5.95 Å². The van der Waals surface area contributed by atoms with Gasteiger partial charge in [-0.2, -0.15) is 9.87 Å². The predicted octanol–water partition coefficient (Wildman–Crippen LogP) is 4.02. The van der Waals surface area contributed by atoms with Crippen molar-refractivity contribution in [3.8, 4) is 5.75 Å². The minimum atomic E-state index is -0.736. The molecule has 160 valence electrons. The van der Waals surface area contributed by atoms with Crippen molar-refractivity contribution < 1.29 is 19.7 Å². The van der Waals surface area contributed by atoms with Crippen LogP contribution in [0.2, 0.25) is 5.02 Å². The van der Waals surface area contributed by atoms with Gasteiger partial charge in [0.25, 0.3) is 0 Å². The lowest BCUT2D eigenvalue weighted by Gasteiger charge is -2.30. The van der Waals surface area contributed by atoms with Gasteiger partial charge in [0.15, 0.2) is 5.75 Å². The van der Waals surface area contributed by atoms with E-state index in [-0.39, 0.29) is 5.92 Å². The third-order valence-corrected chi connectivity index (χ3v) is 5.96. The molecule has 3 heterocycles. The predicted molar refractivity (Wildman–Crippen MR) is 116 cm³/mol. The highest BCUT2D eigenvalue weighted by molar-refractivity contribution is 6.31. The van der Waals surface area contributed by atoms with Crippen LogP contribution < -0.4 is 15.1 Å². The number of nitrogens with one attached hydrogen (secondary N) is 1. The van der Waals surface area contributed by atoms with Crippen molar-refractivity contribution in [3.05, 3.63) is 52.5 Å². The smallest absolute Gasteiger partial charge is 0.306 e. The molecule has 0 spiro atoms. The van der Waals surface area contributed by atoms with Gasteiger partial charge in [-0.15, -0.1) is 0 Å². The van der Waals surface area contributed by atoms with Crippen molar-refractivity contribution in [1.29, 1.82) is 0 Å². The van der Waals surface area contributed by atoms with Crippen molar-refractivity contribution in [3.63, 3.8) is 0 Å². The maximum Gasteiger partial charge on any atom is 0.306 e. The average molecular weight is 441 g/mol. The number of rotatable bonds is 5. The zero-order chi connectivity index (χ0) is 21.4. The van der Waals surface area contributed by atoms with Crippen molar-refractivity contribution in [2.75, 3.05) is 23.3 Å². The molecule has 0 radical (unpaired) electrons. The summed E-state index contributed by atoms with van der Waals surface area (Å²) in [6, 6.07) is 11.5. The largest absolute Gasteiger partial charge is 0.481 e. The van der Waals surface area contributed by atoms with Crippen LogP contribution in [-0.2, 0) is 22.8 Å². The van der Waals surface area contributed by atoms with Crippen LogP contribution in [0.3, 0.4) is 0 Å². The Hall–Kier alpha value is -3.10. The lowest BCUT2D eigenvalue weighted by molar-refractivity contribution is -0.194. The molecule has 0 bridgehead atoms. The highest BCUT2D eigenvalue weighted by Crippen LogP contribution is 2.30. The maximum atomic E-state index is 11.3. The summed E-state index contributed by atoms with van der Waals surface area (Å²) in [4.78, 5) is 33.0. The van der Waals surface area contributed by atoms with Crippen LogP contribution in [0.1, 0.15) is 24.0 Å². The Morgan fingerprint density at radius 1 is 1.19 bits per heavy atom. The van der Waals surface area contributed by atoms with Gasteiger partial charge in [-0.05, 0) is 42.7 Å². The third kappa shape index (κ3) is 4.08. The van der Waals surface area contributed by atoms with Crippen LogP contribution in [0.25, 0.3) is 10.9 Å². The zero-order valence-electron chi connectivity index (χ0n) is 16.7. The number of carboxylic acid groups (broad SMARTS) is 1. The average Bonchev–Trinajstić information content (AvgIpc) is 3.25. The van der Waals surface area contributed by atoms with Gasteiger partial charge in [-0.25, -0.2) is 4.98 Å². The molecule has 2 aliphatic rings. The van der Waals surface area contributed by atoms with E-state index in [9.17, 15) is 9.90 Å². The van der Waals surface area contributed by atoms with Gasteiger partial charge >= 0.3 is 5.97 Å². The fraction of sp³-hybridized carbons (Fsp3) is 0.318. The second-order valence-electron chi connectivity index (χ2n) is 7.77. The van der Waals surface area contributed by atoms with Gasteiger partial charge in [0.1, 0.15) is 12.4 Å². The second kappa shape index (κ2) is 8.20. The molecule has 9 heteroatoms. The molecule has 0 saturated carbocycles. The number of fused-ring (bicyclic) bond motifs is 2. The van der Waals surface area contributed by atoms with Crippen LogP contribution in [-0.4, -0.2) is 34.1 Å². The van der Waals surface area contributed by atoms with Crippen molar-refractivity contribution in [1.82, 2.24) is 9.97 Å². The fourth-order valence-electron chi connectivity index (χ4n) is 3.94. The number of carbonyl (C=O) groups is 1. The number of halogens is 1. The Balaban J connectivity index is 1.42.